The van der Waals surface area contributed by atoms with E-state index in [9.17, 15) is 4.79 Å². The molecule has 0 saturated carbocycles. The van der Waals surface area contributed by atoms with Gasteiger partial charge in [-0.25, -0.2) is 0 Å². The number of amides is 1. The minimum Gasteiger partial charge on any atom is -0.398 e. The number of rotatable bonds is 3. The van der Waals surface area contributed by atoms with Crippen LogP contribution in [-0.2, 0) is 13.6 Å². The molecule has 0 unspecified atom stereocenters. The lowest BCUT2D eigenvalue weighted by Gasteiger charge is -2.08. The van der Waals surface area contributed by atoms with Gasteiger partial charge in [0.15, 0.2) is 0 Å². The number of nitrogen functional groups attached to an aromatic ring is 1. The maximum atomic E-state index is 11.9. The van der Waals surface area contributed by atoms with Crippen LogP contribution in [-0.4, -0.2) is 15.7 Å². The minimum atomic E-state index is -0.231. The SMILES string of the molecule is Cn1nccc1CNC(=O)c1ccc(Cl)cc1N. The lowest BCUT2D eigenvalue weighted by atomic mass is 10.1. The van der Waals surface area contributed by atoms with Gasteiger partial charge in [0.25, 0.3) is 5.91 Å². The number of nitrogens with one attached hydrogen (secondary N) is 1. The Labute approximate surface area is 110 Å². The smallest absolute Gasteiger partial charge is 0.253 e. The Bertz CT molecular complexity index is 579. The molecule has 5 nitrogen and oxygen atoms in total. The number of nitrogens with two attached hydrogens (primary N) is 1. The molecule has 0 spiro atoms. The number of nitrogens with zero attached hydrogens (tertiary/aromatic N) is 2. The van der Waals surface area contributed by atoms with E-state index in [1.807, 2.05) is 13.1 Å². The second-order valence-corrected chi connectivity index (χ2v) is 4.30. The molecular formula is C12H13ClN4O. The Morgan fingerprint density at radius 1 is 1.50 bits per heavy atom. The van der Waals surface area contributed by atoms with E-state index < -0.39 is 0 Å². The van der Waals surface area contributed by atoms with Gasteiger partial charge in [-0.15, -0.1) is 0 Å². The zero-order valence-electron chi connectivity index (χ0n) is 9.85. The molecule has 3 N–H and O–H groups in total. The van der Waals surface area contributed by atoms with Gasteiger partial charge in [0, 0.05) is 24.0 Å². The van der Waals surface area contributed by atoms with E-state index in [0.29, 0.717) is 22.8 Å². The number of aryl methyl sites for hydroxylation is 1. The third-order valence-corrected chi connectivity index (χ3v) is 2.85. The molecule has 0 aliphatic heterocycles. The fraction of sp³-hybridized carbons (Fsp3) is 0.167. The first-order chi connectivity index (χ1) is 8.58. The van der Waals surface area contributed by atoms with Crippen LogP contribution < -0.4 is 11.1 Å². The monoisotopic (exact) mass is 264 g/mol. The summed E-state index contributed by atoms with van der Waals surface area (Å²) in [5, 5.41) is 7.31. The predicted octanol–water partition coefficient (Wildman–Crippen LogP) is 1.59. The number of benzene rings is 1. The molecule has 2 rings (SSSR count). The van der Waals surface area contributed by atoms with Crippen molar-refractivity contribution in [1.82, 2.24) is 15.1 Å². The first kappa shape index (κ1) is 12.4. The molecule has 18 heavy (non-hydrogen) atoms. The lowest BCUT2D eigenvalue weighted by molar-refractivity contribution is 0.0951. The van der Waals surface area contributed by atoms with E-state index in [1.165, 1.54) is 0 Å². The summed E-state index contributed by atoms with van der Waals surface area (Å²) in [6.07, 6.45) is 1.68. The number of halogens is 1. The van der Waals surface area contributed by atoms with Gasteiger partial charge in [-0.2, -0.15) is 5.10 Å². The van der Waals surface area contributed by atoms with Gasteiger partial charge >= 0.3 is 0 Å². The summed E-state index contributed by atoms with van der Waals surface area (Å²) in [7, 11) is 1.82. The molecule has 2 aromatic rings. The highest BCUT2D eigenvalue weighted by Gasteiger charge is 2.10. The normalized spacial score (nSPS) is 10.3. The standard InChI is InChI=1S/C12H13ClN4O/c1-17-9(4-5-16-17)7-15-12(18)10-3-2-8(13)6-11(10)14/h2-6H,7,14H2,1H3,(H,15,18). The summed E-state index contributed by atoms with van der Waals surface area (Å²) < 4.78 is 1.70. The summed E-state index contributed by atoms with van der Waals surface area (Å²) in [6, 6.07) is 6.64. The Kier molecular flexibility index (Phi) is 3.53. The average Bonchev–Trinajstić information content (AvgIpc) is 2.72. The van der Waals surface area contributed by atoms with Crippen LogP contribution in [0.25, 0.3) is 0 Å². The van der Waals surface area contributed by atoms with E-state index in [-0.39, 0.29) is 5.91 Å². The maximum absolute atomic E-state index is 11.9. The third-order valence-electron chi connectivity index (χ3n) is 2.61. The number of carbonyl (C=O) groups excluding carboxylic acids is 1. The van der Waals surface area contributed by atoms with Gasteiger partial charge in [-0.1, -0.05) is 11.6 Å². The Morgan fingerprint density at radius 3 is 2.89 bits per heavy atom. The average molecular weight is 265 g/mol. The van der Waals surface area contributed by atoms with Crippen molar-refractivity contribution < 1.29 is 4.79 Å². The van der Waals surface area contributed by atoms with Gasteiger partial charge in [-0.3, -0.25) is 9.48 Å². The van der Waals surface area contributed by atoms with E-state index in [1.54, 1.807) is 29.1 Å². The number of anilines is 1. The fourth-order valence-electron chi connectivity index (χ4n) is 1.58. The van der Waals surface area contributed by atoms with Crippen LogP contribution in [0.1, 0.15) is 16.1 Å². The Hall–Kier alpha value is -2.01. The van der Waals surface area contributed by atoms with Crippen molar-refractivity contribution in [2.45, 2.75) is 6.54 Å². The van der Waals surface area contributed by atoms with Crippen molar-refractivity contribution in [1.29, 1.82) is 0 Å². The molecule has 0 saturated heterocycles. The Balaban J connectivity index is 2.06. The molecule has 0 atom stereocenters. The highest BCUT2D eigenvalue weighted by Crippen LogP contribution is 2.17. The van der Waals surface area contributed by atoms with Crippen LogP contribution in [0.4, 0.5) is 5.69 Å². The molecule has 1 heterocycles. The summed E-state index contributed by atoms with van der Waals surface area (Å²) in [4.78, 5) is 11.9. The second-order valence-electron chi connectivity index (χ2n) is 3.86. The Morgan fingerprint density at radius 2 is 2.28 bits per heavy atom. The summed E-state index contributed by atoms with van der Waals surface area (Å²) >= 11 is 5.78. The minimum absolute atomic E-state index is 0.231. The van der Waals surface area contributed by atoms with Gasteiger partial charge < -0.3 is 11.1 Å². The zero-order valence-corrected chi connectivity index (χ0v) is 10.6. The first-order valence-electron chi connectivity index (χ1n) is 5.38. The largest absolute Gasteiger partial charge is 0.398 e. The maximum Gasteiger partial charge on any atom is 0.253 e. The first-order valence-corrected chi connectivity index (χ1v) is 5.76. The molecular weight excluding hydrogens is 252 g/mol. The molecule has 0 fully saturated rings. The number of hydrogen-bond donors (Lipinski definition) is 2. The van der Waals surface area contributed by atoms with E-state index in [2.05, 4.69) is 10.4 Å². The molecule has 94 valence electrons. The van der Waals surface area contributed by atoms with Crippen LogP contribution in [0.2, 0.25) is 5.02 Å². The lowest BCUT2D eigenvalue weighted by Crippen LogP contribution is -2.24. The van der Waals surface area contributed by atoms with Gasteiger partial charge in [0.1, 0.15) is 0 Å². The second kappa shape index (κ2) is 5.10. The van der Waals surface area contributed by atoms with Crippen molar-refractivity contribution in [3.05, 3.63) is 46.7 Å². The number of hydrogen-bond acceptors (Lipinski definition) is 3. The van der Waals surface area contributed by atoms with Crippen molar-refractivity contribution >= 4 is 23.2 Å². The summed E-state index contributed by atoms with van der Waals surface area (Å²) in [5.41, 5.74) is 7.44. The van der Waals surface area contributed by atoms with Crippen molar-refractivity contribution in [3.8, 4) is 0 Å². The van der Waals surface area contributed by atoms with Crippen molar-refractivity contribution in [2.75, 3.05) is 5.73 Å². The van der Waals surface area contributed by atoms with E-state index in [4.69, 9.17) is 17.3 Å². The number of carbonyl (C=O) groups is 1. The molecule has 0 radical (unpaired) electrons. The molecule has 1 amide bonds. The van der Waals surface area contributed by atoms with Crippen LogP contribution in [0.5, 0.6) is 0 Å². The zero-order chi connectivity index (χ0) is 13.1. The van der Waals surface area contributed by atoms with Gasteiger partial charge in [-0.05, 0) is 24.3 Å². The number of aromatic nitrogens is 2. The third kappa shape index (κ3) is 2.62. The summed E-state index contributed by atoms with van der Waals surface area (Å²) in [5.74, 6) is -0.231. The molecule has 6 heteroatoms. The van der Waals surface area contributed by atoms with E-state index >= 15 is 0 Å². The van der Waals surface area contributed by atoms with Crippen LogP contribution in [0.15, 0.2) is 30.5 Å². The molecule has 0 bridgehead atoms. The van der Waals surface area contributed by atoms with Crippen LogP contribution in [0, 0.1) is 0 Å². The fourth-order valence-corrected chi connectivity index (χ4v) is 1.76. The highest BCUT2D eigenvalue weighted by molar-refractivity contribution is 6.31. The van der Waals surface area contributed by atoms with Gasteiger partial charge in [0.2, 0.25) is 0 Å². The van der Waals surface area contributed by atoms with Gasteiger partial charge in [0.05, 0.1) is 17.8 Å². The van der Waals surface area contributed by atoms with Crippen LogP contribution >= 0.6 is 11.6 Å². The topological polar surface area (TPSA) is 72.9 Å². The molecule has 0 aliphatic rings. The van der Waals surface area contributed by atoms with Crippen molar-refractivity contribution in [3.63, 3.8) is 0 Å². The molecule has 1 aromatic carbocycles. The predicted molar refractivity (Wildman–Crippen MR) is 70.2 cm³/mol. The highest BCUT2D eigenvalue weighted by atomic mass is 35.5. The van der Waals surface area contributed by atoms with E-state index in [0.717, 1.165) is 5.69 Å². The quantitative estimate of drug-likeness (QED) is 0.827. The summed E-state index contributed by atoms with van der Waals surface area (Å²) in [6.45, 7) is 0.400. The molecule has 1 aromatic heterocycles. The molecule has 0 aliphatic carbocycles. The van der Waals surface area contributed by atoms with Crippen molar-refractivity contribution in [2.24, 2.45) is 7.05 Å². The van der Waals surface area contributed by atoms with Crippen LogP contribution in [0.3, 0.4) is 0 Å².